The van der Waals surface area contributed by atoms with Gasteiger partial charge in [0.2, 0.25) is 17.7 Å². The lowest BCUT2D eigenvalue weighted by atomic mass is 9.70. The summed E-state index contributed by atoms with van der Waals surface area (Å²) in [5.74, 6) is -3.08. The molecule has 12 heteroatoms. The molecule has 1 aromatic carbocycles. The number of esters is 1. The van der Waals surface area contributed by atoms with Crippen molar-refractivity contribution in [3.8, 4) is 0 Å². The number of nitrogens with one attached hydrogen (secondary N) is 1. The highest BCUT2D eigenvalue weighted by Gasteiger charge is 2.75. The smallest absolute Gasteiger partial charge is 0.313 e. The first kappa shape index (κ1) is 36.7. The Morgan fingerprint density at radius 1 is 1.14 bits per heavy atom. The number of amides is 3. The van der Waals surface area contributed by atoms with E-state index in [1.54, 1.807) is 28.9 Å². The van der Waals surface area contributed by atoms with Gasteiger partial charge in [0.1, 0.15) is 17.7 Å². The first-order chi connectivity index (χ1) is 23.7. The highest BCUT2D eigenvalue weighted by Crippen LogP contribution is 2.59. The third-order valence-electron chi connectivity index (χ3n) is 10.4. The molecule has 4 fully saturated rings. The minimum Gasteiger partial charge on any atom is -0.455 e. The average Bonchev–Trinajstić information content (AvgIpc) is 3.76. The number of carbonyl (C=O) groups is 4. The number of aliphatic hydroxyl groups excluding tert-OH is 1. The molecule has 3 amide bonds. The lowest BCUT2D eigenvalue weighted by Gasteiger charge is -2.37. The number of nitrogens with zero attached hydrogens (tertiary/aromatic N) is 3. The number of hydrogen-bond donors (Lipinski definition) is 2. The van der Waals surface area contributed by atoms with Crippen LogP contribution in [0.15, 0.2) is 55.6 Å². The van der Waals surface area contributed by atoms with Crippen LogP contribution in [0.2, 0.25) is 0 Å². The van der Waals surface area contributed by atoms with Gasteiger partial charge in [-0.2, -0.15) is 0 Å². The molecular formula is C37H52N4O8. The Morgan fingerprint density at radius 3 is 2.59 bits per heavy atom. The Bertz CT molecular complexity index is 1340. The van der Waals surface area contributed by atoms with Crippen molar-refractivity contribution in [2.45, 2.75) is 75.3 Å². The van der Waals surface area contributed by atoms with Gasteiger partial charge >= 0.3 is 5.97 Å². The van der Waals surface area contributed by atoms with Crippen LogP contribution in [0.25, 0.3) is 0 Å². The van der Waals surface area contributed by atoms with Crippen LogP contribution in [0.3, 0.4) is 0 Å². The number of fused-ring (bicyclic) bond motifs is 1. The number of aliphatic hydroxyl groups is 1. The van der Waals surface area contributed by atoms with Gasteiger partial charge in [0, 0.05) is 52.3 Å². The lowest BCUT2D eigenvalue weighted by molar-refractivity contribution is -0.162. The van der Waals surface area contributed by atoms with Crippen LogP contribution in [0.4, 0.5) is 0 Å². The van der Waals surface area contributed by atoms with Crippen LogP contribution >= 0.6 is 0 Å². The van der Waals surface area contributed by atoms with Crippen LogP contribution in [0.1, 0.15) is 57.1 Å². The van der Waals surface area contributed by atoms with Crippen molar-refractivity contribution in [2.75, 3.05) is 59.1 Å². The monoisotopic (exact) mass is 680 g/mol. The van der Waals surface area contributed by atoms with E-state index in [-0.39, 0.29) is 37.3 Å². The van der Waals surface area contributed by atoms with Gasteiger partial charge in [0.25, 0.3) is 0 Å². The summed E-state index contributed by atoms with van der Waals surface area (Å²) >= 11 is 0. The molecule has 2 bridgehead atoms. The molecule has 12 nitrogen and oxygen atoms in total. The van der Waals surface area contributed by atoms with Gasteiger partial charge < -0.3 is 34.4 Å². The number of benzene rings is 1. The fraction of sp³-hybridized carbons (Fsp3) is 0.622. The van der Waals surface area contributed by atoms with Gasteiger partial charge in [-0.3, -0.25) is 24.1 Å². The first-order valence-corrected chi connectivity index (χ1v) is 17.7. The van der Waals surface area contributed by atoms with Crippen molar-refractivity contribution >= 4 is 23.7 Å². The summed E-state index contributed by atoms with van der Waals surface area (Å²) in [6, 6.07) is 7.75. The van der Waals surface area contributed by atoms with E-state index in [2.05, 4.69) is 23.4 Å². The minimum absolute atomic E-state index is 0.0337. The molecule has 0 aliphatic carbocycles. The second-order valence-electron chi connectivity index (χ2n) is 13.5. The number of ether oxygens (including phenoxy) is 3. The Hall–Kier alpha value is -3.58. The maximum atomic E-state index is 14.6. The Morgan fingerprint density at radius 2 is 1.90 bits per heavy atom. The van der Waals surface area contributed by atoms with Crippen molar-refractivity contribution in [3.63, 3.8) is 0 Å². The largest absolute Gasteiger partial charge is 0.455 e. The molecule has 0 aromatic heterocycles. The summed E-state index contributed by atoms with van der Waals surface area (Å²) in [5, 5.41) is 12.5. The molecule has 0 unspecified atom stereocenters. The normalized spacial score (nSPS) is 27.3. The van der Waals surface area contributed by atoms with Gasteiger partial charge in [-0.25, -0.2) is 0 Å². The third-order valence-corrected chi connectivity index (χ3v) is 10.4. The van der Waals surface area contributed by atoms with E-state index in [1.807, 2.05) is 30.3 Å². The van der Waals surface area contributed by atoms with Crippen molar-refractivity contribution in [1.29, 1.82) is 0 Å². The number of allylic oxidation sites excluding steroid dienone is 1. The SMILES string of the molecule is C=CCCC(=O)N[C@H](C)[C@@H](OC(=O)[C@@H]1[C@H]2C(=O)N(CCCCO)[C@H](C(=O)N(CC=C)CCN3CCOCC3)[C@]23CC[C@H]1O3)c1ccccc1. The van der Waals surface area contributed by atoms with Crippen LogP contribution in [0.5, 0.6) is 0 Å². The van der Waals surface area contributed by atoms with Gasteiger partial charge in [-0.1, -0.05) is 42.5 Å². The van der Waals surface area contributed by atoms with E-state index in [9.17, 15) is 24.3 Å². The molecule has 0 radical (unpaired) electrons. The molecule has 4 saturated heterocycles. The zero-order valence-electron chi connectivity index (χ0n) is 28.7. The van der Waals surface area contributed by atoms with Crippen molar-refractivity contribution in [1.82, 2.24) is 20.0 Å². The van der Waals surface area contributed by atoms with Gasteiger partial charge in [-0.05, 0) is 44.6 Å². The third kappa shape index (κ3) is 7.93. The lowest BCUT2D eigenvalue weighted by Crippen LogP contribution is -2.57. The molecular weight excluding hydrogens is 628 g/mol. The highest BCUT2D eigenvalue weighted by atomic mass is 16.6. The van der Waals surface area contributed by atoms with Crippen LogP contribution in [-0.2, 0) is 33.4 Å². The molecule has 4 aliphatic rings. The summed E-state index contributed by atoms with van der Waals surface area (Å²) in [4.78, 5) is 61.5. The summed E-state index contributed by atoms with van der Waals surface area (Å²) in [5.41, 5.74) is -0.463. The molecule has 2 N–H and O–H groups in total. The molecule has 4 aliphatic heterocycles. The number of unbranched alkanes of at least 4 members (excludes halogenated alkanes) is 1. The summed E-state index contributed by atoms with van der Waals surface area (Å²) in [6.07, 6.45) is 4.71. The summed E-state index contributed by atoms with van der Waals surface area (Å²) in [6.45, 7) is 13.9. The number of likely N-dealkylation sites (tertiary alicyclic amines) is 1. The quantitative estimate of drug-likeness (QED) is 0.136. The fourth-order valence-corrected chi connectivity index (χ4v) is 7.98. The highest BCUT2D eigenvalue weighted by molar-refractivity contribution is 5.98. The van der Waals surface area contributed by atoms with Crippen LogP contribution in [0, 0.1) is 11.8 Å². The zero-order chi connectivity index (χ0) is 35.0. The molecule has 1 spiro atoms. The fourth-order valence-electron chi connectivity index (χ4n) is 7.98. The summed E-state index contributed by atoms with van der Waals surface area (Å²) < 4.78 is 18.4. The number of morpholine rings is 1. The van der Waals surface area contributed by atoms with Crippen molar-refractivity contribution in [3.05, 3.63) is 61.2 Å². The van der Waals surface area contributed by atoms with Crippen LogP contribution < -0.4 is 5.32 Å². The molecule has 1 aromatic rings. The van der Waals surface area contributed by atoms with Crippen molar-refractivity contribution in [2.24, 2.45) is 11.8 Å². The number of carbonyl (C=O) groups excluding carboxylic acids is 4. The molecule has 0 saturated carbocycles. The average molecular weight is 681 g/mol. The summed E-state index contributed by atoms with van der Waals surface area (Å²) in [7, 11) is 0. The van der Waals surface area contributed by atoms with Crippen molar-refractivity contribution < 1.29 is 38.5 Å². The minimum atomic E-state index is -1.17. The van der Waals surface area contributed by atoms with Crippen LogP contribution in [-0.4, -0.2) is 126 Å². The molecule has 49 heavy (non-hydrogen) atoms. The molecule has 4 heterocycles. The van der Waals surface area contributed by atoms with Gasteiger partial charge in [-0.15, -0.1) is 13.2 Å². The van der Waals surface area contributed by atoms with E-state index in [4.69, 9.17) is 14.2 Å². The zero-order valence-corrected chi connectivity index (χ0v) is 28.7. The number of rotatable bonds is 18. The van der Waals surface area contributed by atoms with E-state index in [0.29, 0.717) is 70.5 Å². The maximum absolute atomic E-state index is 14.6. The van der Waals surface area contributed by atoms with E-state index in [0.717, 1.165) is 13.1 Å². The molecule has 268 valence electrons. The second kappa shape index (κ2) is 16.9. The van der Waals surface area contributed by atoms with E-state index in [1.165, 1.54) is 0 Å². The Kier molecular flexibility index (Phi) is 12.6. The standard InChI is InChI=1S/C37H52N4O8/c1-4-6-14-29(43)38-26(3)32(27-12-8-7-9-13-27)48-36(46)30-28-15-16-37(49-28)31(30)34(44)41(18-10-11-23-42)33(37)35(45)40(17-5-2)20-19-39-21-24-47-25-22-39/h4-5,7-9,12-13,26,28,30-33,42H,1-2,6,10-11,14-25H2,3H3,(H,38,43)/t26-,28-,30+,31+,32-,33-,37+/m1/s1. The van der Waals surface area contributed by atoms with E-state index >= 15 is 0 Å². The topological polar surface area (TPSA) is 138 Å². The second-order valence-corrected chi connectivity index (χ2v) is 13.5. The van der Waals surface area contributed by atoms with Gasteiger partial charge in [0.05, 0.1) is 37.2 Å². The number of hydrogen-bond acceptors (Lipinski definition) is 9. The predicted octanol–water partition coefficient (Wildman–Crippen LogP) is 2.24. The Labute approximate surface area is 289 Å². The maximum Gasteiger partial charge on any atom is 0.313 e. The van der Waals surface area contributed by atoms with E-state index < -0.39 is 47.7 Å². The molecule has 7 atom stereocenters. The predicted molar refractivity (Wildman–Crippen MR) is 182 cm³/mol. The molecule has 5 rings (SSSR count). The first-order valence-electron chi connectivity index (χ1n) is 17.7. The Balaban J connectivity index is 1.40. The van der Waals surface area contributed by atoms with Gasteiger partial charge in [0.15, 0.2) is 0 Å².